The van der Waals surface area contributed by atoms with E-state index in [0.717, 1.165) is 22.9 Å². The van der Waals surface area contributed by atoms with Crippen molar-refractivity contribution in [3.8, 4) is 0 Å². The maximum absolute atomic E-state index is 12.5. The van der Waals surface area contributed by atoms with Gasteiger partial charge >= 0.3 is 0 Å². The molecule has 3 aromatic rings. The molecule has 0 unspecified atom stereocenters. The van der Waals surface area contributed by atoms with E-state index in [2.05, 4.69) is 39.3 Å². The molecule has 0 saturated heterocycles. The molecule has 7 nitrogen and oxygen atoms in total. The van der Waals surface area contributed by atoms with Gasteiger partial charge in [0, 0.05) is 0 Å². The van der Waals surface area contributed by atoms with Crippen molar-refractivity contribution < 1.29 is 8.42 Å². The number of benzene rings is 1. The van der Waals surface area contributed by atoms with E-state index in [1.54, 1.807) is 6.20 Å². The molecule has 0 fully saturated rings. The second-order valence-corrected chi connectivity index (χ2v) is 9.09. The van der Waals surface area contributed by atoms with Gasteiger partial charge in [-0.3, -0.25) is 5.10 Å². The van der Waals surface area contributed by atoms with Crippen molar-refractivity contribution in [3.63, 3.8) is 0 Å². The Labute approximate surface area is 152 Å². The summed E-state index contributed by atoms with van der Waals surface area (Å²) >= 11 is 0. The van der Waals surface area contributed by atoms with Crippen LogP contribution in [0.5, 0.6) is 0 Å². The molecule has 8 heteroatoms. The van der Waals surface area contributed by atoms with Gasteiger partial charge in [-0.25, -0.2) is 18.4 Å². The normalized spacial score (nSPS) is 17.2. The topological polar surface area (TPSA) is 101 Å². The van der Waals surface area contributed by atoms with Gasteiger partial charge < -0.3 is 5.32 Å². The average Bonchev–Trinajstić information content (AvgIpc) is 3.08. The molecule has 0 saturated carbocycles. The molecule has 0 radical (unpaired) electrons. The fourth-order valence-electron chi connectivity index (χ4n) is 3.49. The number of nitrogens with zero attached hydrogens (tertiary/aromatic N) is 3. The molecular weight excluding hydrogens is 350 g/mol. The second kappa shape index (κ2) is 6.35. The molecule has 0 bridgehead atoms. The van der Waals surface area contributed by atoms with Crippen molar-refractivity contribution in [2.75, 3.05) is 11.1 Å². The van der Waals surface area contributed by atoms with E-state index in [-0.39, 0.29) is 17.7 Å². The molecule has 3 heterocycles. The fraction of sp³-hybridized carbons (Fsp3) is 0.389. The highest BCUT2D eigenvalue weighted by Gasteiger charge is 2.26. The molecule has 1 aliphatic heterocycles. The largest absolute Gasteiger partial charge is 0.362 e. The summed E-state index contributed by atoms with van der Waals surface area (Å²) in [5.74, 6) is 1.14. The summed E-state index contributed by atoms with van der Waals surface area (Å²) in [7, 11) is -3.19. The standard InChI is InChI=1S/C18H21N5O2S/c1-11(2)16(22-17-14-9-21-23-18(14)20-10-19-17)13-6-5-12-4-3-7-26(24,25)15(12)8-13/h5-6,8-11,16H,3-4,7H2,1-2H3,(H2,19,20,21,22,23)/t16-/m1/s1. The molecule has 0 amide bonds. The van der Waals surface area contributed by atoms with Gasteiger partial charge in [-0.15, -0.1) is 0 Å². The van der Waals surface area contributed by atoms with Gasteiger partial charge in [-0.2, -0.15) is 5.10 Å². The van der Waals surface area contributed by atoms with Crippen LogP contribution in [0.25, 0.3) is 11.0 Å². The Hall–Kier alpha value is -2.48. The lowest BCUT2D eigenvalue weighted by Gasteiger charge is -2.26. The van der Waals surface area contributed by atoms with E-state index < -0.39 is 9.84 Å². The molecule has 2 N–H and O–H groups in total. The van der Waals surface area contributed by atoms with Crippen LogP contribution in [0.4, 0.5) is 5.82 Å². The zero-order valence-electron chi connectivity index (χ0n) is 14.7. The monoisotopic (exact) mass is 371 g/mol. The number of hydrogen-bond acceptors (Lipinski definition) is 6. The maximum Gasteiger partial charge on any atom is 0.178 e. The summed E-state index contributed by atoms with van der Waals surface area (Å²) < 4.78 is 24.9. The molecule has 26 heavy (non-hydrogen) atoms. The number of nitrogens with one attached hydrogen (secondary N) is 2. The minimum atomic E-state index is -3.19. The van der Waals surface area contributed by atoms with Gasteiger partial charge in [0.25, 0.3) is 0 Å². The first-order valence-electron chi connectivity index (χ1n) is 8.72. The SMILES string of the molecule is CC(C)[C@@H](Nc1ncnc2[nH]ncc12)c1ccc2c(c1)S(=O)(=O)CCC2. The smallest absolute Gasteiger partial charge is 0.178 e. The zero-order valence-corrected chi connectivity index (χ0v) is 15.5. The Morgan fingerprint density at radius 1 is 1.23 bits per heavy atom. The minimum Gasteiger partial charge on any atom is -0.362 e. The first kappa shape index (κ1) is 17.0. The lowest BCUT2D eigenvalue weighted by atomic mass is 9.94. The van der Waals surface area contributed by atoms with Gasteiger partial charge in [-0.05, 0) is 36.0 Å². The first-order valence-corrected chi connectivity index (χ1v) is 10.4. The predicted octanol–water partition coefficient (Wildman–Crippen LogP) is 2.88. The van der Waals surface area contributed by atoms with E-state index in [4.69, 9.17) is 0 Å². The number of H-pyrrole nitrogens is 1. The number of sulfone groups is 1. The summed E-state index contributed by atoms with van der Waals surface area (Å²) in [5.41, 5.74) is 2.53. The summed E-state index contributed by atoms with van der Waals surface area (Å²) in [6, 6.07) is 5.72. The molecular formula is C18H21N5O2S. The summed E-state index contributed by atoms with van der Waals surface area (Å²) in [5, 5.41) is 11.1. The molecule has 136 valence electrons. The van der Waals surface area contributed by atoms with Crippen molar-refractivity contribution in [2.45, 2.75) is 37.6 Å². The summed E-state index contributed by atoms with van der Waals surface area (Å²) in [4.78, 5) is 8.97. The first-order chi connectivity index (χ1) is 12.5. The van der Waals surface area contributed by atoms with Crippen LogP contribution in [0.2, 0.25) is 0 Å². The molecule has 1 aromatic carbocycles. The predicted molar refractivity (Wildman–Crippen MR) is 99.7 cm³/mol. The van der Waals surface area contributed by atoms with Crippen LogP contribution in [0.1, 0.15) is 37.4 Å². The van der Waals surface area contributed by atoms with Crippen molar-refractivity contribution in [1.82, 2.24) is 20.2 Å². The van der Waals surface area contributed by atoms with Crippen LogP contribution in [-0.4, -0.2) is 34.3 Å². The van der Waals surface area contributed by atoms with Crippen LogP contribution in [-0.2, 0) is 16.3 Å². The van der Waals surface area contributed by atoms with Gasteiger partial charge in [0.2, 0.25) is 0 Å². The van der Waals surface area contributed by atoms with Crippen LogP contribution in [0.3, 0.4) is 0 Å². The second-order valence-electron chi connectivity index (χ2n) is 7.01. The van der Waals surface area contributed by atoms with Crippen LogP contribution >= 0.6 is 0 Å². The fourth-order valence-corrected chi connectivity index (χ4v) is 5.11. The van der Waals surface area contributed by atoms with Gasteiger partial charge in [0.05, 0.1) is 28.3 Å². The number of fused-ring (bicyclic) bond motifs is 2. The van der Waals surface area contributed by atoms with Crippen LogP contribution in [0.15, 0.2) is 35.6 Å². The quantitative estimate of drug-likeness (QED) is 0.731. The Morgan fingerprint density at radius 3 is 2.88 bits per heavy atom. The average molecular weight is 371 g/mol. The third-order valence-electron chi connectivity index (χ3n) is 4.85. The van der Waals surface area contributed by atoms with E-state index in [9.17, 15) is 8.42 Å². The summed E-state index contributed by atoms with van der Waals surface area (Å²) in [6.45, 7) is 4.19. The molecule has 4 rings (SSSR count). The Bertz CT molecular complexity index is 1060. The van der Waals surface area contributed by atoms with Crippen molar-refractivity contribution in [2.24, 2.45) is 5.92 Å². The summed E-state index contributed by atoms with van der Waals surface area (Å²) in [6.07, 6.45) is 4.68. The minimum absolute atomic E-state index is 0.0783. The maximum atomic E-state index is 12.5. The zero-order chi connectivity index (χ0) is 18.3. The van der Waals surface area contributed by atoms with E-state index in [1.807, 2.05) is 18.2 Å². The molecule has 2 aromatic heterocycles. The number of aryl methyl sites for hydroxylation is 1. The number of hydrogen-bond donors (Lipinski definition) is 2. The van der Waals surface area contributed by atoms with Gasteiger partial charge in [0.15, 0.2) is 15.5 Å². The third kappa shape index (κ3) is 2.94. The number of anilines is 1. The van der Waals surface area contributed by atoms with Crippen molar-refractivity contribution in [3.05, 3.63) is 41.9 Å². The molecule has 0 aliphatic carbocycles. The lowest BCUT2D eigenvalue weighted by Crippen LogP contribution is -2.20. The lowest BCUT2D eigenvalue weighted by molar-refractivity contribution is 0.542. The van der Waals surface area contributed by atoms with E-state index >= 15 is 0 Å². The van der Waals surface area contributed by atoms with Crippen molar-refractivity contribution >= 4 is 26.7 Å². The number of aromatic nitrogens is 4. The third-order valence-corrected chi connectivity index (χ3v) is 6.73. The van der Waals surface area contributed by atoms with E-state index in [0.29, 0.717) is 22.8 Å². The van der Waals surface area contributed by atoms with Crippen LogP contribution in [0, 0.1) is 5.92 Å². The highest BCUT2D eigenvalue weighted by molar-refractivity contribution is 7.91. The highest BCUT2D eigenvalue weighted by Crippen LogP contribution is 2.33. The Balaban J connectivity index is 1.75. The Kier molecular flexibility index (Phi) is 4.14. The molecule has 0 spiro atoms. The van der Waals surface area contributed by atoms with Gasteiger partial charge in [-0.1, -0.05) is 26.0 Å². The van der Waals surface area contributed by atoms with Gasteiger partial charge in [0.1, 0.15) is 12.1 Å². The van der Waals surface area contributed by atoms with E-state index in [1.165, 1.54) is 6.33 Å². The number of rotatable bonds is 4. The highest BCUT2D eigenvalue weighted by atomic mass is 32.2. The molecule has 1 atom stereocenters. The van der Waals surface area contributed by atoms with Crippen molar-refractivity contribution in [1.29, 1.82) is 0 Å². The molecule has 1 aliphatic rings. The Morgan fingerprint density at radius 2 is 2.08 bits per heavy atom. The van der Waals surface area contributed by atoms with Crippen LogP contribution < -0.4 is 5.32 Å². The number of aromatic amines is 1.